The van der Waals surface area contributed by atoms with Gasteiger partial charge in [0.2, 0.25) is 0 Å². The molecule has 1 aromatic rings. The summed E-state index contributed by atoms with van der Waals surface area (Å²) >= 11 is 0. The van der Waals surface area contributed by atoms with E-state index in [1.165, 1.54) is 0 Å². The van der Waals surface area contributed by atoms with Crippen LogP contribution in [0.5, 0.6) is 0 Å². The average Bonchev–Trinajstić information content (AvgIpc) is 2.63. The molecular weight excluding hydrogens is 233 g/mol. The third kappa shape index (κ3) is 2.45. The van der Waals surface area contributed by atoms with Gasteiger partial charge in [-0.3, -0.25) is 0 Å². The van der Waals surface area contributed by atoms with Crippen LogP contribution in [0.25, 0.3) is 0 Å². The Hall–Kier alpha value is -1.07. The number of aliphatic hydroxyl groups excluding tert-OH is 1. The summed E-state index contributed by atoms with van der Waals surface area (Å²) in [6.07, 6.45) is -0.827. The number of halogens is 3. The molecule has 17 heavy (non-hydrogen) atoms. The number of rotatable bonds is 2. The average molecular weight is 246 g/mol. The highest BCUT2D eigenvalue weighted by Gasteiger charge is 2.32. The van der Waals surface area contributed by atoms with Gasteiger partial charge in [-0.25, -0.2) is 13.2 Å². The van der Waals surface area contributed by atoms with E-state index in [4.69, 9.17) is 4.74 Å². The maximum Gasteiger partial charge on any atom is 0.134 e. The predicted molar refractivity (Wildman–Crippen MR) is 54.8 cm³/mol. The second kappa shape index (κ2) is 4.66. The van der Waals surface area contributed by atoms with Crippen molar-refractivity contribution in [2.75, 3.05) is 0 Å². The van der Waals surface area contributed by atoms with Crippen molar-refractivity contribution in [3.63, 3.8) is 0 Å². The first kappa shape index (κ1) is 12.4. The quantitative estimate of drug-likeness (QED) is 0.869. The summed E-state index contributed by atoms with van der Waals surface area (Å²) < 4.78 is 44.9. The minimum atomic E-state index is -1.40. The molecule has 1 fully saturated rings. The van der Waals surface area contributed by atoms with Crippen LogP contribution in [0.15, 0.2) is 12.1 Å². The van der Waals surface area contributed by atoms with Crippen molar-refractivity contribution in [1.29, 1.82) is 0 Å². The molecule has 0 radical (unpaired) electrons. The molecule has 0 aromatic heterocycles. The van der Waals surface area contributed by atoms with Gasteiger partial charge in [0.05, 0.1) is 17.8 Å². The normalized spacial score (nSPS) is 26.2. The Balaban J connectivity index is 2.27. The Kier molecular flexibility index (Phi) is 3.40. The molecule has 2 nitrogen and oxygen atoms in total. The number of hydrogen-bond acceptors (Lipinski definition) is 2. The lowest BCUT2D eigenvalue weighted by Crippen LogP contribution is -2.21. The topological polar surface area (TPSA) is 29.5 Å². The van der Waals surface area contributed by atoms with Gasteiger partial charge in [0.1, 0.15) is 23.6 Å². The third-order valence-electron chi connectivity index (χ3n) is 2.96. The molecule has 94 valence electrons. The second-order valence-corrected chi connectivity index (χ2v) is 4.29. The fourth-order valence-electron chi connectivity index (χ4n) is 2.09. The van der Waals surface area contributed by atoms with Gasteiger partial charge in [0.25, 0.3) is 0 Å². The highest BCUT2D eigenvalue weighted by Crippen LogP contribution is 2.32. The molecule has 1 N–H and O–H groups in total. The molecule has 2 rings (SSSR count). The van der Waals surface area contributed by atoms with E-state index in [-0.39, 0.29) is 6.10 Å². The monoisotopic (exact) mass is 246 g/mol. The highest BCUT2D eigenvalue weighted by molar-refractivity contribution is 5.24. The van der Waals surface area contributed by atoms with Gasteiger partial charge >= 0.3 is 0 Å². The molecule has 3 atom stereocenters. The largest absolute Gasteiger partial charge is 0.385 e. The van der Waals surface area contributed by atoms with Crippen LogP contribution in [-0.4, -0.2) is 17.3 Å². The maximum atomic E-state index is 13.4. The van der Waals surface area contributed by atoms with Crippen molar-refractivity contribution in [1.82, 2.24) is 0 Å². The number of benzene rings is 1. The highest BCUT2D eigenvalue weighted by atomic mass is 19.1. The van der Waals surface area contributed by atoms with E-state index >= 15 is 0 Å². The summed E-state index contributed by atoms with van der Waals surface area (Å²) in [6.45, 7) is 1.82. The number of ether oxygens (including phenoxy) is 1. The fourth-order valence-corrected chi connectivity index (χ4v) is 2.09. The van der Waals surface area contributed by atoms with Crippen molar-refractivity contribution >= 4 is 0 Å². The first-order valence-electron chi connectivity index (χ1n) is 5.47. The van der Waals surface area contributed by atoms with Crippen LogP contribution in [0.1, 0.15) is 31.4 Å². The van der Waals surface area contributed by atoms with Crippen LogP contribution in [0.4, 0.5) is 13.2 Å². The summed E-state index contributed by atoms with van der Waals surface area (Å²) in [4.78, 5) is 0. The van der Waals surface area contributed by atoms with E-state index < -0.39 is 35.2 Å². The van der Waals surface area contributed by atoms with Crippen LogP contribution < -0.4 is 0 Å². The van der Waals surface area contributed by atoms with Crippen LogP contribution in [0, 0.1) is 17.5 Å². The van der Waals surface area contributed by atoms with Crippen molar-refractivity contribution in [2.45, 2.75) is 38.1 Å². The van der Waals surface area contributed by atoms with Gasteiger partial charge in [-0.1, -0.05) is 0 Å². The van der Waals surface area contributed by atoms with E-state index in [9.17, 15) is 18.3 Å². The van der Waals surface area contributed by atoms with Crippen molar-refractivity contribution in [3.05, 3.63) is 35.1 Å². The zero-order valence-electron chi connectivity index (χ0n) is 9.29. The maximum absolute atomic E-state index is 13.4. The Bertz CT molecular complexity index is 399. The van der Waals surface area contributed by atoms with Crippen LogP contribution >= 0.6 is 0 Å². The molecular formula is C12H13F3O2. The lowest BCUT2D eigenvalue weighted by atomic mass is 10.0. The standard InChI is InChI=1S/C12H13F3O2/c1-6-2-3-10(17-6)12(16)11-8(14)4-7(13)5-9(11)15/h4-6,10,12,16H,2-3H2,1H3. The van der Waals surface area contributed by atoms with Gasteiger partial charge in [0.15, 0.2) is 0 Å². The zero-order valence-corrected chi connectivity index (χ0v) is 9.29. The molecule has 1 saturated heterocycles. The number of aliphatic hydroxyl groups is 1. The summed E-state index contributed by atoms with van der Waals surface area (Å²) in [5.41, 5.74) is -0.523. The summed E-state index contributed by atoms with van der Waals surface area (Å²) in [6, 6.07) is 1.11. The van der Waals surface area contributed by atoms with E-state index in [1.54, 1.807) is 0 Å². The number of hydrogen-bond donors (Lipinski definition) is 1. The smallest absolute Gasteiger partial charge is 0.134 e. The van der Waals surface area contributed by atoms with Crippen molar-refractivity contribution < 1.29 is 23.0 Å². The predicted octanol–water partition coefficient (Wildman–Crippen LogP) is 2.70. The van der Waals surface area contributed by atoms with Gasteiger partial charge in [-0.15, -0.1) is 0 Å². The summed E-state index contributed by atoms with van der Waals surface area (Å²) in [5.74, 6) is -3.17. The van der Waals surface area contributed by atoms with Gasteiger partial charge in [0, 0.05) is 12.1 Å². The van der Waals surface area contributed by atoms with Crippen LogP contribution in [-0.2, 0) is 4.74 Å². The second-order valence-electron chi connectivity index (χ2n) is 4.29. The molecule has 0 spiro atoms. The Morgan fingerprint density at radius 2 is 1.82 bits per heavy atom. The Labute approximate surface area is 97.0 Å². The molecule has 1 aliphatic rings. The lowest BCUT2D eigenvalue weighted by Gasteiger charge is -2.19. The van der Waals surface area contributed by atoms with Crippen LogP contribution in [0.3, 0.4) is 0 Å². The molecule has 5 heteroatoms. The molecule has 3 unspecified atom stereocenters. The molecule has 0 aliphatic carbocycles. The van der Waals surface area contributed by atoms with E-state index in [0.717, 1.165) is 6.42 Å². The zero-order chi connectivity index (χ0) is 12.6. The van der Waals surface area contributed by atoms with E-state index in [1.807, 2.05) is 6.92 Å². The van der Waals surface area contributed by atoms with Gasteiger partial charge < -0.3 is 9.84 Å². The summed E-state index contributed by atoms with van der Waals surface area (Å²) in [7, 11) is 0. The Morgan fingerprint density at radius 3 is 2.29 bits per heavy atom. The lowest BCUT2D eigenvalue weighted by molar-refractivity contribution is -0.0325. The van der Waals surface area contributed by atoms with E-state index in [0.29, 0.717) is 18.6 Å². The van der Waals surface area contributed by atoms with Gasteiger partial charge in [-0.2, -0.15) is 0 Å². The first-order chi connectivity index (χ1) is 7.99. The minimum absolute atomic E-state index is 0.0405. The molecule has 1 aliphatic heterocycles. The van der Waals surface area contributed by atoms with Crippen LogP contribution in [0.2, 0.25) is 0 Å². The minimum Gasteiger partial charge on any atom is -0.385 e. The fraction of sp³-hybridized carbons (Fsp3) is 0.500. The summed E-state index contributed by atoms with van der Waals surface area (Å²) in [5, 5.41) is 9.86. The molecule has 0 amide bonds. The first-order valence-corrected chi connectivity index (χ1v) is 5.47. The molecule has 1 heterocycles. The molecule has 1 aromatic carbocycles. The van der Waals surface area contributed by atoms with Crippen molar-refractivity contribution in [3.8, 4) is 0 Å². The Morgan fingerprint density at radius 1 is 1.24 bits per heavy atom. The molecule has 0 bridgehead atoms. The van der Waals surface area contributed by atoms with E-state index in [2.05, 4.69) is 0 Å². The third-order valence-corrected chi connectivity index (χ3v) is 2.96. The van der Waals surface area contributed by atoms with Crippen molar-refractivity contribution in [2.24, 2.45) is 0 Å². The van der Waals surface area contributed by atoms with Gasteiger partial charge in [-0.05, 0) is 19.8 Å². The SMILES string of the molecule is CC1CCC(C(O)c2c(F)cc(F)cc2F)O1. The molecule has 0 saturated carbocycles.